The van der Waals surface area contributed by atoms with Gasteiger partial charge in [0.1, 0.15) is 0 Å². The van der Waals surface area contributed by atoms with Gasteiger partial charge in [-0.3, -0.25) is 16.1 Å². The second-order valence-corrected chi connectivity index (χ2v) is 4.61. The number of carbonyl (C=O) groups is 1. The molecule has 0 aliphatic carbocycles. The lowest BCUT2D eigenvalue weighted by molar-refractivity contribution is 0.0941. The number of hydrazine groups is 1. The minimum atomic E-state index is -0.0582. The molecular formula is C13H21N3O. The lowest BCUT2D eigenvalue weighted by Gasteiger charge is -2.17. The van der Waals surface area contributed by atoms with Crippen LogP contribution >= 0.6 is 0 Å². The van der Waals surface area contributed by atoms with Gasteiger partial charge >= 0.3 is 0 Å². The summed E-state index contributed by atoms with van der Waals surface area (Å²) in [5.74, 6) is 5.38. The molecule has 0 radical (unpaired) electrons. The summed E-state index contributed by atoms with van der Waals surface area (Å²) in [6.45, 7) is 7.81. The molecule has 0 heterocycles. The third-order valence-electron chi connectivity index (χ3n) is 2.59. The fourth-order valence-corrected chi connectivity index (χ4v) is 1.68. The first kappa shape index (κ1) is 13.7. The number of rotatable bonds is 4. The van der Waals surface area contributed by atoms with E-state index in [2.05, 4.69) is 10.7 Å². The van der Waals surface area contributed by atoms with Gasteiger partial charge in [-0.1, -0.05) is 17.7 Å². The van der Waals surface area contributed by atoms with Gasteiger partial charge in [0, 0.05) is 17.6 Å². The van der Waals surface area contributed by atoms with Crippen molar-refractivity contribution < 1.29 is 4.79 Å². The van der Waals surface area contributed by atoms with Crippen molar-refractivity contribution in [2.45, 2.75) is 39.8 Å². The summed E-state index contributed by atoms with van der Waals surface area (Å²) in [4.78, 5) is 12.0. The van der Waals surface area contributed by atoms with Gasteiger partial charge in [-0.2, -0.15) is 0 Å². The first-order valence-electron chi connectivity index (χ1n) is 5.83. The van der Waals surface area contributed by atoms with Crippen LogP contribution < -0.4 is 16.6 Å². The number of nitrogens with two attached hydrogens (primary N) is 1. The van der Waals surface area contributed by atoms with Gasteiger partial charge in [0.15, 0.2) is 0 Å². The van der Waals surface area contributed by atoms with Crippen molar-refractivity contribution in [2.24, 2.45) is 5.84 Å². The van der Waals surface area contributed by atoms with Gasteiger partial charge in [-0.15, -0.1) is 0 Å². The molecule has 0 aliphatic heterocycles. The van der Waals surface area contributed by atoms with Crippen LogP contribution in [0.2, 0.25) is 0 Å². The number of aryl methyl sites for hydroxylation is 1. The number of amides is 1. The van der Waals surface area contributed by atoms with Crippen LogP contribution in [0.4, 0.5) is 0 Å². The van der Waals surface area contributed by atoms with Crippen LogP contribution in [0.15, 0.2) is 18.2 Å². The standard InChI is InChI=1S/C13H21N3O/c1-8(2)15-13(17)11-6-5-9(3)7-12(11)10(4)16-14/h5-8,10,16H,14H2,1-4H3,(H,15,17). The smallest absolute Gasteiger partial charge is 0.251 e. The third kappa shape index (κ3) is 3.54. The number of carbonyl (C=O) groups excluding carboxylic acids is 1. The molecule has 1 amide bonds. The maximum atomic E-state index is 12.0. The quantitative estimate of drug-likeness (QED) is 0.549. The summed E-state index contributed by atoms with van der Waals surface area (Å²) in [6.07, 6.45) is 0. The molecule has 0 fully saturated rings. The molecule has 94 valence electrons. The second kappa shape index (κ2) is 5.80. The highest BCUT2D eigenvalue weighted by Gasteiger charge is 2.15. The Balaban J connectivity index is 3.09. The topological polar surface area (TPSA) is 67.2 Å². The van der Waals surface area contributed by atoms with Crippen LogP contribution in [-0.2, 0) is 0 Å². The average molecular weight is 235 g/mol. The molecule has 0 saturated carbocycles. The Morgan fingerprint density at radius 3 is 2.47 bits per heavy atom. The number of benzene rings is 1. The first-order valence-corrected chi connectivity index (χ1v) is 5.83. The fraction of sp³-hybridized carbons (Fsp3) is 0.462. The van der Waals surface area contributed by atoms with Crippen molar-refractivity contribution >= 4 is 5.91 Å². The highest BCUT2D eigenvalue weighted by molar-refractivity contribution is 5.96. The molecule has 1 aromatic carbocycles. The lowest BCUT2D eigenvalue weighted by Crippen LogP contribution is -2.33. The number of hydrogen-bond acceptors (Lipinski definition) is 3. The summed E-state index contributed by atoms with van der Waals surface area (Å²) >= 11 is 0. The minimum Gasteiger partial charge on any atom is -0.350 e. The molecule has 0 saturated heterocycles. The van der Waals surface area contributed by atoms with Gasteiger partial charge in [-0.25, -0.2) is 0 Å². The molecule has 1 rings (SSSR count). The Morgan fingerprint density at radius 1 is 1.29 bits per heavy atom. The van der Waals surface area contributed by atoms with Gasteiger partial charge < -0.3 is 5.32 Å². The van der Waals surface area contributed by atoms with Crippen molar-refractivity contribution in [3.8, 4) is 0 Å². The predicted octanol–water partition coefficient (Wildman–Crippen LogP) is 1.66. The SMILES string of the molecule is Cc1ccc(C(=O)NC(C)C)c(C(C)NN)c1. The maximum Gasteiger partial charge on any atom is 0.251 e. The molecule has 4 heteroatoms. The first-order chi connectivity index (χ1) is 7.95. The van der Waals surface area contributed by atoms with Crippen LogP contribution in [0.5, 0.6) is 0 Å². The van der Waals surface area contributed by atoms with E-state index in [1.54, 1.807) is 0 Å². The molecular weight excluding hydrogens is 214 g/mol. The van der Waals surface area contributed by atoms with Crippen LogP contribution in [0, 0.1) is 6.92 Å². The molecule has 0 bridgehead atoms. The van der Waals surface area contributed by atoms with Crippen LogP contribution in [-0.4, -0.2) is 11.9 Å². The third-order valence-corrected chi connectivity index (χ3v) is 2.59. The van der Waals surface area contributed by atoms with Crippen molar-refractivity contribution in [3.05, 3.63) is 34.9 Å². The van der Waals surface area contributed by atoms with Crippen LogP contribution in [0.1, 0.15) is 48.3 Å². The molecule has 1 aromatic rings. The lowest BCUT2D eigenvalue weighted by atomic mass is 9.98. The number of hydrogen-bond donors (Lipinski definition) is 3. The fourth-order valence-electron chi connectivity index (χ4n) is 1.68. The van der Waals surface area contributed by atoms with E-state index >= 15 is 0 Å². The predicted molar refractivity (Wildman–Crippen MR) is 69.5 cm³/mol. The monoisotopic (exact) mass is 235 g/mol. The summed E-state index contributed by atoms with van der Waals surface area (Å²) in [5.41, 5.74) is 5.39. The molecule has 1 atom stereocenters. The summed E-state index contributed by atoms with van der Waals surface area (Å²) in [7, 11) is 0. The molecule has 4 N–H and O–H groups in total. The maximum absolute atomic E-state index is 12.0. The van der Waals surface area contributed by atoms with Gasteiger partial charge in [0.2, 0.25) is 0 Å². The normalized spacial score (nSPS) is 12.6. The summed E-state index contributed by atoms with van der Waals surface area (Å²) < 4.78 is 0. The summed E-state index contributed by atoms with van der Waals surface area (Å²) in [5, 5.41) is 2.89. The van der Waals surface area contributed by atoms with E-state index < -0.39 is 0 Å². The minimum absolute atomic E-state index is 0.0530. The van der Waals surface area contributed by atoms with Crippen molar-refractivity contribution in [2.75, 3.05) is 0 Å². The highest BCUT2D eigenvalue weighted by Crippen LogP contribution is 2.19. The number of nitrogens with one attached hydrogen (secondary N) is 2. The molecule has 4 nitrogen and oxygen atoms in total. The van der Waals surface area contributed by atoms with Gasteiger partial charge in [0.05, 0.1) is 0 Å². The van der Waals surface area contributed by atoms with E-state index in [0.717, 1.165) is 11.1 Å². The van der Waals surface area contributed by atoms with Crippen molar-refractivity contribution in [1.82, 2.24) is 10.7 Å². The van der Waals surface area contributed by atoms with E-state index in [1.807, 2.05) is 45.9 Å². The zero-order chi connectivity index (χ0) is 13.0. The average Bonchev–Trinajstić information content (AvgIpc) is 2.26. The van der Waals surface area contributed by atoms with Crippen molar-refractivity contribution in [1.29, 1.82) is 0 Å². The largest absolute Gasteiger partial charge is 0.350 e. The Kier molecular flexibility index (Phi) is 4.66. The second-order valence-electron chi connectivity index (χ2n) is 4.61. The zero-order valence-corrected chi connectivity index (χ0v) is 10.9. The zero-order valence-electron chi connectivity index (χ0n) is 10.9. The van der Waals surface area contributed by atoms with Crippen LogP contribution in [0.25, 0.3) is 0 Å². The van der Waals surface area contributed by atoms with E-state index in [4.69, 9.17) is 5.84 Å². The van der Waals surface area contributed by atoms with Crippen LogP contribution in [0.3, 0.4) is 0 Å². The Morgan fingerprint density at radius 2 is 1.94 bits per heavy atom. The summed E-state index contributed by atoms with van der Waals surface area (Å²) in [6, 6.07) is 5.83. The van der Waals surface area contributed by atoms with E-state index in [9.17, 15) is 4.79 Å². The van der Waals surface area contributed by atoms with Crippen molar-refractivity contribution in [3.63, 3.8) is 0 Å². The molecule has 17 heavy (non-hydrogen) atoms. The molecule has 0 spiro atoms. The Hall–Kier alpha value is -1.39. The molecule has 0 aliphatic rings. The van der Waals surface area contributed by atoms with E-state index in [1.165, 1.54) is 0 Å². The highest BCUT2D eigenvalue weighted by atomic mass is 16.1. The molecule has 1 unspecified atom stereocenters. The van der Waals surface area contributed by atoms with E-state index in [-0.39, 0.29) is 18.0 Å². The van der Waals surface area contributed by atoms with E-state index in [0.29, 0.717) is 5.56 Å². The molecule has 0 aromatic heterocycles. The Labute approximate surface area is 103 Å². The van der Waals surface area contributed by atoms with Gasteiger partial charge in [0.25, 0.3) is 5.91 Å². The van der Waals surface area contributed by atoms with Gasteiger partial charge in [-0.05, 0) is 39.3 Å². The Bertz CT molecular complexity index is 402.